The van der Waals surface area contributed by atoms with Crippen molar-refractivity contribution in [2.24, 2.45) is 0 Å². The molecule has 7 heteroatoms. The molecule has 0 spiro atoms. The van der Waals surface area contributed by atoms with E-state index < -0.39 is 0 Å². The maximum Gasteiger partial charge on any atom is 0.241 e. The second-order valence-corrected chi connectivity index (χ2v) is 7.81. The highest BCUT2D eigenvalue weighted by Gasteiger charge is 2.31. The number of fused-ring (bicyclic) bond motifs is 1. The Morgan fingerprint density at radius 3 is 2.56 bits per heavy atom. The Hall–Kier alpha value is -4.00. The number of hydrogen-bond donors (Lipinski definition) is 2. The fourth-order valence-electron chi connectivity index (χ4n) is 4.08. The molecule has 0 saturated carbocycles. The van der Waals surface area contributed by atoms with Crippen LogP contribution in [0.25, 0.3) is 0 Å². The molecule has 7 nitrogen and oxygen atoms in total. The Kier molecular flexibility index (Phi) is 5.37. The van der Waals surface area contributed by atoms with Crippen molar-refractivity contribution in [3.8, 4) is 11.5 Å². The highest BCUT2D eigenvalue weighted by Crippen LogP contribution is 2.39. The van der Waals surface area contributed by atoms with Gasteiger partial charge >= 0.3 is 0 Å². The molecule has 3 aromatic carbocycles. The second kappa shape index (κ2) is 8.63. The Labute approximate surface area is 186 Å². The topological polar surface area (TPSA) is 87.2 Å². The first-order chi connectivity index (χ1) is 15.7. The van der Waals surface area contributed by atoms with Crippen LogP contribution in [-0.4, -0.2) is 21.9 Å². The lowest BCUT2D eigenvalue weighted by Crippen LogP contribution is -2.28. The van der Waals surface area contributed by atoms with Gasteiger partial charge in [0.2, 0.25) is 11.9 Å². The van der Waals surface area contributed by atoms with Gasteiger partial charge in [0.25, 0.3) is 0 Å². The van der Waals surface area contributed by atoms with E-state index in [4.69, 9.17) is 15.2 Å². The molecule has 3 N–H and O–H groups in total. The van der Waals surface area contributed by atoms with Crippen molar-refractivity contribution >= 4 is 11.9 Å². The number of nitrogens with one attached hydrogen (secondary N) is 1. The molecule has 1 aromatic heterocycles. The van der Waals surface area contributed by atoms with Crippen molar-refractivity contribution in [3.63, 3.8) is 0 Å². The number of anilines is 2. The zero-order valence-electron chi connectivity index (χ0n) is 17.8. The summed E-state index contributed by atoms with van der Waals surface area (Å²) in [5.74, 6) is 2.57. The lowest BCUT2D eigenvalue weighted by molar-refractivity contribution is 0.306. The first kappa shape index (κ1) is 19.9. The quantitative estimate of drug-likeness (QED) is 0.468. The highest BCUT2D eigenvalue weighted by atomic mass is 16.5. The number of rotatable bonds is 6. The molecule has 162 valence electrons. The van der Waals surface area contributed by atoms with Crippen molar-refractivity contribution in [2.75, 3.05) is 18.2 Å². The van der Waals surface area contributed by atoms with Gasteiger partial charge in [-0.25, -0.2) is 4.68 Å². The zero-order chi connectivity index (χ0) is 21.9. The van der Waals surface area contributed by atoms with Gasteiger partial charge in [-0.2, -0.15) is 4.98 Å². The third-order valence-corrected chi connectivity index (χ3v) is 5.71. The summed E-state index contributed by atoms with van der Waals surface area (Å²) in [4.78, 5) is 4.39. The fourth-order valence-corrected chi connectivity index (χ4v) is 4.08. The molecule has 0 unspecified atom stereocenters. The Bertz CT molecular complexity index is 1190. The van der Waals surface area contributed by atoms with E-state index in [2.05, 4.69) is 45.7 Å². The van der Waals surface area contributed by atoms with Crippen LogP contribution >= 0.6 is 0 Å². The number of benzene rings is 3. The number of nitrogens with zero attached hydrogens (tertiary/aromatic N) is 3. The Morgan fingerprint density at radius 2 is 1.78 bits per heavy atom. The van der Waals surface area contributed by atoms with Crippen LogP contribution in [0.2, 0.25) is 0 Å². The molecule has 0 bridgehead atoms. The molecule has 5 rings (SSSR count). The predicted molar refractivity (Wildman–Crippen MR) is 124 cm³/mol. The van der Waals surface area contributed by atoms with Gasteiger partial charge < -0.3 is 20.5 Å². The molecule has 0 radical (unpaired) electrons. The number of aromatic nitrogens is 3. The van der Waals surface area contributed by atoms with Gasteiger partial charge in [-0.15, -0.1) is 5.10 Å². The van der Waals surface area contributed by atoms with Crippen molar-refractivity contribution in [2.45, 2.75) is 25.1 Å². The molecule has 4 aromatic rings. The summed E-state index contributed by atoms with van der Waals surface area (Å²) in [6, 6.07) is 26.4. The average Bonchev–Trinajstić information content (AvgIpc) is 3.23. The number of ether oxygens (including phenoxy) is 2. The van der Waals surface area contributed by atoms with Crippen molar-refractivity contribution in [3.05, 3.63) is 95.6 Å². The third kappa shape index (κ3) is 4.09. The van der Waals surface area contributed by atoms with Crippen LogP contribution in [0.15, 0.2) is 78.9 Å². The largest absolute Gasteiger partial charge is 0.497 e. The standard InChI is InChI=1S/C25H25N5O2/c1-31-21-9-5-8-19(14-21)22-15-23(30-25(27-22)28-24(26)29-30)18-10-12-20(13-11-18)32-16-17-6-3-2-4-7-17/h2-14,22-23H,15-16H2,1H3,(H3,26,27,28,29)/t22-,23+/m0/s1. The van der Waals surface area contributed by atoms with Crippen LogP contribution < -0.4 is 20.5 Å². The van der Waals surface area contributed by atoms with E-state index in [-0.39, 0.29) is 18.0 Å². The summed E-state index contributed by atoms with van der Waals surface area (Å²) >= 11 is 0. The molecule has 1 aliphatic heterocycles. The number of hydrogen-bond acceptors (Lipinski definition) is 6. The molecule has 0 aliphatic carbocycles. The molecule has 32 heavy (non-hydrogen) atoms. The minimum atomic E-state index is -0.00424. The van der Waals surface area contributed by atoms with Crippen LogP contribution in [-0.2, 0) is 6.61 Å². The number of nitrogens with two attached hydrogens (primary N) is 1. The normalized spacial score (nSPS) is 17.3. The summed E-state index contributed by atoms with van der Waals surface area (Å²) in [5, 5.41) is 7.90. The predicted octanol–water partition coefficient (Wildman–Crippen LogP) is 4.59. The lowest BCUT2D eigenvalue weighted by Gasteiger charge is -2.31. The third-order valence-electron chi connectivity index (χ3n) is 5.71. The van der Waals surface area contributed by atoms with E-state index in [1.54, 1.807) is 7.11 Å². The van der Waals surface area contributed by atoms with E-state index in [0.717, 1.165) is 34.6 Å². The van der Waals surface area contributed by atoms with Crippen molar-refractivity contribution < 1.29 is 9.47 Å². The highest BCUT2D eigenvalue weighted by molar-refractivity contribution is 5.43. The van der Waals surface area contributed by atoms with Crippen LogP contribution in [0.1, 0.15) is 35.2 Å². The van der Waals surface area contributed by atoms with Gasteiger partial charge in [-0.1, -0.05) is 54.6 Å². The number of nitrogen functional groups attached to an aromatic ring is 1. The lowest BCUT2D eigenvalue weighted by atomic mass is 9.93. The van der Waals surface area contributed by atoms with E-state index in [9.17, 15) is 0 Å². The molecular formula is C25H25N5O2. The minimum Gasteiger partial charge on any atom is -0.497 e. The monoisotopic (exact) mass is 427 g/mol. The summed E-state index contributed by atoms with van der Waals surface area (Å²) in [7, 11) is 1.68. The molecule has 2 heterocycles. The molecular weight excluding hydrogens is 402 g/mol. The molecule has 0 saturated heterocycles. The van der Waals surface area contributed by atoms with Gasteiger partial charge in [0, 0.05) is 0 Å². The molecule has 0 amide bonds. The Morgan fingerprint density at radius 1 is 0.969 bits per heavy atom. The van der Waals surface area contributed by atoms with Gasteiger partial charge in [0.15, 0.2) is 0 Å². The summed E-state index contributed by atoms with van der Waals surface area (Å²) in [5.41, 5.74) is 9.31. The summed E-state index contributed by atoms with van der Waals surface area (Å²) in [6.45, 7) is 0.537. The van der Waals surface area contributed by atoms with Crippen LogP contribution in [0, 0.1) is 0 Å². The number of methoxy groups -OCH3 is 1. The van der Waals surface area contributed by atoms with E-state index in [1.165, 1.54) is 0 Å². The minimum absolute atomic E-state index is 0.00424. The SMILES string of the molecule is COc1cccc([C@@H]2C[C@H](c3ccc(OCc4ccccc4)cc3)n3nc(N)nc3N2)c1. The summed E-state index contributed by atoms with van der Waals surface area (Å²) < 4.78 is 13.2. The van der Waals surface area contributed by atoms with Crippen LogP contribution in [0.3, 0.4) is 0 Å². The van der Waals surface area contributed by atoms with Gasteiger partial charge in [-0.3, -0.25) is 0 Å². The average molecular weight is 428 g/mol. The molecule has 0 fully saturated rings. The van der Waals surface area contributed by atoms with E-state index >= 15 is 0 Å². The fraction of sp³-hybridized carbons (Fsp3) is 0.200. The molecule has 1 aliphatic rings. The molecule has 2 atom stereocenters. The van der Waals surface area contributed by atoms with E-state index in [0.29, 0.717) is 12.6 Å². The zero-order valence-corrected chi connectivity index (χ0v) is 17.8. The maximum absolute atomic E-state index is 5.94. The van der Waals surface area contributed by atoms with Gasteiger partial charge in [-0.05, 0) is 47.4 Å². The first-order valence-electron chi connectivity index (χ1n) is 10.6. The van der Waals surface area contributed by atoms with E-state index in [1.807, 2.05) is 53.2 Å². The van der Waals surface area contributed by atoms with Crippen molar-refractivity contribution in [1.82, 2.24) is 14.8 Å². The van der Waals surface area contributed by atoms with Crippen LogP contribution in [0.5, 0.6) is 11.5 Å². The smallest absolute Gasteiger partial charge is 0.241 e. The van der Waals surface area contributed by atoms with Gasteiger partial charge in [0.05, 0.1) is 19.2 Å². The maximum atomic E-state index is 5.94. The Balaban J connectivity index is 1.38. The van der Waals surface area contributed by atoms with Crippen LogP contribution in [0.4, 0.5) is 11.9 Å². The first-order valence-corrected chi connectivity index (χ1v) is 10.6. The summed E-state index contributed by atoms with van der Waals surface area (Å²) in [6.07, 6.45) is 0.799. The van der Waals surface area contributed by atoms with Gasteiger partial charge in [0.1, 0.15) is 18.1 Å². The van der Waals surface area contributed by atoms with Crippen molar-refractivity contribution in [1.29, 1.82) is 0 Å². The second-order valence-electron chi connectivity index (χ2n) is 7.81.